The molecule has 39 heavy (non-hydrogen) atoms. The van der Waals surface area contributed by atoms with Crippen LogP contribution in [0.2, 0.25) is 0 Å². The summed E-state index contributed by atoms with van der Waals surface area (Å²) < 4.78 is 15.1. The number of aromatic nitrogens is 2. The van der Waals surface area contributed by atoms with Crippen molar-refractivity contribution in [3.05, 3.63) is 84.8 Å². The van der Waals surface area contributed by atoms with Gasteiger partial charge < -0.3 is 26.2 Å². The minimum Gasteiger partial charge on any atom is -0.369 e. The number of amides is 2. The van der Waals surface area contributed by atoms with Crippen LogP contribution in [0.5, 0.6) is 0 Å². The fraction of sp³-hybridized carbons (Fsp3) is 0.172. The summed E-state index contributed by atoms with van der Waals surface area (Å²) in [5, 5.41) is 6.34. The van der Waals surface area contributed by atoms with Crippen LogP contribution in [0.3, 0.4) is 0 Å². The monoisotopic (exact) mass is 525 g/mol. The third-order valence-electron chi connectivity index (χ3n) is 6.69. The molecule has 3 aromatic carbocycles. The first kappa shape index (κ1) is 25.8. The van der Waals surface area contributed by atoms with Gasteiger partial charge in [0.05, 0.1) is 11.2 Å². The van der Waals surface area contributed by atoms with Gasteiger partial charge >= 0.3 is 0 Å². The number of rotatable bonds is 7. The number of piperazine rings is 1. The first-order valence-electron chi connectivity index (χ1n) is 12.5. The third kappa shape index (κ3) is 5.55. The van der Waals surface area contributed by atoms with Crippen molar-refractivity contribution in [2.75, 3.05) is 48.8 Å². The number of nitrogens with two attached hydrogens (primary N) is 1. The molecule has 0 bridgehead atoms. The Morgan fingerprint density at radius 2 is 1.87 bits per heavy atom. The smallest absolute Gasteiger partial charge is 0.249 e. The Bertz CT molecular complexity index is 1580. The highest BCUT2D eigenvalue weighted by atomic mass is 19.1. The third-order valence-corrected chi connectivity index (χ3v) is 6.69. The highest BCUT2D eigenvalue weighted by molar-refractivity contribution is 6.08. The Morgan fingerprint density at radius 3 is 2.59 bits per heavy atom. The molecule has 0 aliphatic carbocycles. The largest absolute Gasteiger partial charge is 0.369 e. The summed E-state index contributed by atoms with van der Waals surface area (Å²) >= 11 is 0. The fourth-order valence-corrected chi connectivity index (χ4v) is 4.59. The summed E-state index contributed by atoms with van der Waals surface area (Å²) in [6.07, 6.45) is 2.76. The lowest BCUT2D eigenvalue weighted by Crippen LogP contribution is -2.44. The highest BCUT2D eigenvalue weighted by Gasteiger charge is 2.19. The van der Waals surface area contributed by atoms with Crippen LogP contribution in [-0.4, -0.2) is 59.9 Å². The van der Waals surface area contributed by atoms with E-state index in [2.05, 4.69) is 44.0 Å². The maximum atomic E-state index is 15.1. The van der Waals surface area contributed by atoms with Gasteiger partial charge in [0.2, 0.25) is 17.8 Å². The van der Waals surface area contributed by atoms with E-state index < -0.39 is 11.7 Å². The van der Waals surface area contributed by atoms with Crippen molar-refractivity contribution < 1.29 is 14.0 Å². The van der Waals surface area contributed by atoms with Crippen molar-refractivity contribution in [1.82, 2.24) is 14.9 Å². The molecule has 0 saturated carbocycles. The summed E-state index contributed by atoms with van der Waals surface area (Å²) in [5.41, 5.74) is 9.07. The predicted molar refractivity (Wildman–Crippen MR) is 152 cm³/mol. The molecule has 0 atom stereocenters. The molecule has 1 aliphatic heterocycles. The zero-order chi connectivity index (χ0) is 27.5. The van der Waals surface area contributed by atoms with Gasteiger partial charge in [-0.05, 0) is 55.1 Å². The van der Waals surface area contributed by atoms with Gasteiger partial charge in [-0.15, -0.1) is 0 Å². The van der Waals surface area contributed by atoms with Gasteiger partial charge in [0.15, 0.2) is 0 Å². The van der Waals surface area contributed by atoms with Crippen LogP contribution in [0, 0.1) is 5.82 Å². The number of nitrogens with zero attached hydrogens (tertiary/aromatic N) is 4. The quantitative estimate of drug-likeness (QED) is 0.310. The summed E-state index contributed by atoms with van der Waals surface area (Å²) in [4.78, 5) is 37.6. The predicted octanol–water partition coefficient (Wildman–Crippen LogP) is 4.15. The second kappa shape index (κ2) is 10.9. The van der Waals surface area contributed by atoms with Gasteiger partial charge in [-0.3, -0.25) is 9.59 Å². The molecule has 2 heterocycles. The van der Waals surface area contributed by atoms with Crippen LogP contribution in [0.25, 0.3) is 22.0 Å². The molecule has 0 radical (unpaired) electrons. The van der Waals surface area contributed by atoms with E-state index in [-0.39, 0.29) is 23.1 Å². The van der Waals surface area contributed by atoms with E-state index in [1.807, 2.05) is 6.07 Å². The maximum absolute atomic E-state index is 15.1. The topological polar surface area (TPSA) is 116 Å². The van der Waals surface area contributed by atoms with Crippen LogP contribution >= 0.6 is 0 Å². The molecule has 1 aromatic heterocycles. The molecular formula is C29H28FN7O2. The number of carbonyl (C=O) groups is 2. The van der Waals surface area contributed by atoms with Crippen molar-refractivity contribution in [2.24, 2.45) is 5.73 Å². The summed E-state index contributed by atoms with van der Waals surface area (Å²) in [7, 11) is 2.07. The molecule has 5 rings (SSSR count). The number of hydrogen-bond donors (Lipinski definition) is 3. The zero-order valence-electron chi connectivity index (χ0n) is 21.4. The molecule has 1 fully saturated rings. The van der Waals surface area contributed by atoms with E-state index in [9.17, 15) is 9.59 Å². The van der Waals surface area contributed by atoms with Gasteiger partial charge in [-0.1, -0.05) is 24.8 Å². The van der Waals surface area contributed by atoms with Crippen LogP contribution in [-0.2, 0) is 4.79 Å². The number of nitrogens with one attached hydrogen (secondary N) is 2. The van der Waals surface area contributed by atoms with Crippen molar-refractivity contribution >= 4 is 45.7 Å². The molecule has 0 spiro atoms. The molecule has 2 amide bonds. The Hall–Kier alpha value is -4.83. The summed E-state index contributed by atoms with van der Waals surface area (Å²) in [5.74, 6) is -1.26. The summed E-state index contributed by atoms with van der Waals surface area (Å²) in [6.45, 7) is 6.98. The number of anilines is 4. The second-order valence-corrected chi connectivity index (χ2v) is 9.34. The summed E-state index contributed by atoms with van der Waals surface area (Å²) in [6, 6.07) is 15.3. The highest BCUT2D eigenvalue weighted by Crippen LogP contribution is 2.33. The van der Waals surface area contributed by atoms with Crippen LogP contribution in [0.15, 0.2) is 73.4 Å². The normalized spacial score (nSPS) is 13.7. The standard InChI is InChI=1S/C29H28FN7O2/c1-3-25(38)33-20-6-4-5-18(15-20)26-22(28(31)39)9-7-19-17-32-29(35-27(19)26)34-24-10-8-21(16-23(24)30)37-13-11-36(2)12-14-37/h3-10,15-17H,1,11-14H2,2H3,(H2,31,39)(H,33,38)(H,32,34,35). The van der Waals surface area contributed by atoms with Crippen molar-refractivity contribution in [3.8, 4) is 11.1 Å². The van der Waals surface area contributed by atoms with E-state index in [0.717, 1.165) is 31.9 Å². The fourth-order valence-electron chi connectivity index (χ4n) is 4.59. The Morgan fingerprint density at radius 1 is 1.08 bits per heavy atom. The average molecular weight is 526 g/mol. The van der Waals surface area contributed by atoms with Crippen LogP contribution in [0.4, 0.5) is 27.4 Å². The van der Waals surface area contributed by atoms with E-state index in [0.29, 0.717) is 27.7 Å². The van der Waals surface area contributed by atoms with E-state index in [4.69, 9.17) is 5.73 Å². The van der Waals surface area contributed by atoms with Gasteiger partial charge in [0.25, 0.3) is 0 Å². The number of carbonyl (C=O) groups excluding carboxylic acids is 2. The van der Waals surface area contributed by atoms with Gasteiger partial charge in [0.1, 0.15) is 5.82 Å². The molecule has 0 unspecified atom stereocenters. The van der Waals surface area contributed by atoms with E-state index in [1.165, 1.54) is 12.1 Å². The molecule has 1 aliphatic rings. The minimum atomic E-state index is -0.633. The Kier molecular flexibility index (Phi) is 7.20. The lowest BCUT2D eigenvalue weighted by Gasteiger charge is -2.34. The number of primary amides is 1. The lowest BCUT2D eigenvalue weighted by molar-refractivity contribution is -0.111. The molecular weight excluding hydrogens is 497 g/mol. The van der Waals surface area contributed by atoms with Crippen LogP contribution < -0.4 is 21.3 Å². The molecule has 198 valence electrons. The second-order valence-electron chi connectivity index (χ2n) is 9.34. The van der Waals surface area contributed by atoms with Gasteiger partial charge in [-0.25, -0.2) is 14.4 Å². The van der Waals surface area contributed by atoms with E-state index >= 15 is 4.39 Å². The number of halogens is 1. The zero-order valence-corrected chi connectivity index (χ0v) is 21.4. The number of fused-ring (bicyclic) bond motifs is 1. The maximum Gasteiger partial charge on any atom is 0.249 e. The van der Waals surface area contributed by atoms with E-state index in [1.54, 1.807) is 48.7 Å². The lowest BCUT2D eigenvalue weighted by atomic mass is 9.96. The van der Waals surface area contributed by atoms with Gasteiger partial charge in [-0.2, -0.15) is 0 Å². The number of hydrogen-bond acceptors (Lipinski definition) is 7. The molecule has 1 saturated heterocycles. The van der Waals surface area contributed by atoms with Crippen molar-refractivity contribution in [2.45, 2.75) is 0 Å². The minimum absolute atomic E-state index is 0.160. The molecule has 4 aromatic rings. The molecule has 9 nitrogen and oxygen atoms in total. The Balaban J connectivity index is 1.51. The van der Waals surface area contributed by atoms with Crippen molar-refractivity contribution in [1.29, 1.82) is 0 Å². The SMILES string of the molecule is C=CC(=O)Nc1cccc(-c2c(C(N)=O)ccc3cnc(Nc4ccc(N5CCN(C)CC5)cc4F)nc23)c1. The average Bonchev–Trinajstić information content (AvgIpc) is 2.94. The number of benzene rings is 3. The Labute approximate surface area is 225 Å². The molecule has 4 N–H and O–H groups in total. The number of likely N-dealkylation sites (N-methyl/N-ethyl adjacent to an activating group) is 1. The van der Waals surface area contributed by atoms with Gasteiger partial charge in [0, 0.05) is 60.3 Å². The first-order chi connectivity index (χ1) is 18.8. The van der Waals surface area contributed by atoms with Crippen LogP contribution in [0.1, 0.15) is 10.4 Å². The molecule has 10 heteroatoms. The van der Waals surface area contributed by atoms with Crippen molar-refractivity contribution in [3.63, 3.8) is 0 Å². The first-order valence-corrected chi connectivity index (χ1v) is 12.5.